The van der Waals surface area contributed by atoms with E-state index in [1.807, 2.05) is 6.92 Å². The molecule has 0 aromatic rings. The Labute approximate surface area is 199 Å². The largest absolute Gasteiger partial charge is 0.392 e. The van der Waals surface area contributed by atoms with Crippen molar-refractivity contribution < 1.29 is 10.2 Å². The standard InChI is InChI=1S/C29H53NO2/c1-7-8-16-29(6,32)17-13-15-26-27-20-24(19-25(27)21-28(26)31)14-11-9-10-12-18-30(22(2)3)23(4)5/h13,15,19,22-23,25-28,31-32H,7-12,14,16-18,20-21H2,1-6H3/b15-13+/t25-,26+,27-,28+,29-/m0/s1. The molecule has 0 saturated heterocycles. The van der Waals surface area contributed by atoms with Gasteiger partial charge in [0, 0.05) is 18.0 Å². The third kappa shape index (κ3) is 8.61. The van der Waals surface area contributed by atoms with Gasteiger partial charge in [-0.3, -0.25) is 4.90 Å². The van der Waals surface area contributed by atoms with Gasteiger partial charge < -0.3 is 10.2 Å². The third-order valence-corrected chi connectivity index (χ3v) is 7.93. The van der Waals surface area contributed by atoms with Crippen LogP contribution in [0.2, 0.25) is 0 Å². The van der Waals surface area contributed by atoms with E-state index in [0.29, 0.717) is 30.3 Å². The zero-order valence-corrected chi connectivity index (χ0v) is 22.0. The van der Waals surface area contributed by atoms with Gasteiger partial charge in [0.1, 0.15) is 0 Å². The zero-order chi connectivity index (χ0) is 23.7. The van der Waals surface area contributed by atoms with E-state index in [9.17, 15) is 10.2 Å². The number of fused-ring (bicyclic) bond motifs is 1. The van der Waals surface area contributed by atoms with E-state index in [0.717, 1.165) is 32.1 Å². The molecule has 0 aromatic heterocycles. The van der Waals surface area contributed by atoms with Gasteiger partial charge in [-0.15, -0.1) is 0 Å². The van der Waals surface area contributed by atoms with Crippen LogP contribution >= 0.6 is 0 Å². The number of rotatable bonds is 15. The van der Waals surface area contributed by atoms with Gasteiger partial charge in [0.2, 0.25) is 0 Å². The lowest BCUT2D eigenvalue weighted by Crippen LogP contribution is -2.37. The Bertz CT molecular complexity index is 584. The molecule has 0 amide bonds. The van der Waals surface area contributed by atoms with Gasteiger partial charge in [-0.2, -0.15) is 0 Å². The van der Waals surface area contributed by atoms with Gasteiger partial charge in [-0.05, 0) is 97.9 Å². The molecule has 1 fully saturated rings. The van der Waals surface area contributed by atoms with Gasteiger partial charge in [0.05, 0.1) is 11.7 Å². The molecule has 5 atom stereocenters. The van der Waals surface area contributed by atoms with Gasteiger partial charge >= 0.3 is 0 Å². The predicted octanol–water partition coefficient (Wildman–Crippen LogP) is 6.89. The molecule has 32 heavy (non-hydrogen) atoms. The highest BCUT2D eigenvalue weighted by Gasteiger charge is 2.43. The van der Waals surface area contributed by atoms with Gasteiger partial charge in [0.25, 0.3) is 0 Å². The molecular weight excluding hydrogens is 394 g/mol. The minimum Gasteiger partial charge on any atom is -0.392 e. The smallest absolute Gasteiger partial charge is 0.0654 e. The lowest BCUT2D eigenvalue weighted by atomic mass is 9.87. The molecule has 0 aromatic carbocycles. The second kappa shape index (κ2) is 13.3. The highest BCUT2D eigenvalue weighted by atomic mass is 16.3. The topological polar surface area (TPSA) is 43.7 Å². The summed E-state index contributed by atoms with van der Waals surface area (Å²) < 4.78 is 0. The molecule has 0 spiro atoms. The maximum absolute atomic E-state index is 10.6. The summed E-state index contributed by atoms with van der Waals surface area (Å²) in [6.07, 6.45) is 19.0. The third-order valence-electron chi connectivity index (χ3n) is 7.93. The summed E-state index contributed by atoms with van der Waals surface area (Å²) in [5, 5.41) is 21.1. The lowest BCUT2D eigenvalue weighted by molar-refractivity contribution is 0.0513. The van der Waals surface area contributed by atoms with Crippen LogP contribution in [-0.4, -0.2) is 45.4 Å². The summed E-state index contributed by atoms with van der Waals surface area (Å²) in [6.45, 7) is 14.5. The number of aliphatic hydroxyl groups is 2. The Morgan fingerprint density at radius 2 is 1.78 bits per heavy atom. The number of nitrogens with zero attached hydrogens (tertiary/aromatic N) is 1. The van der Waals surface area contributed by atoms with Crippen LogP contribution in [-0.2, 0) is 0 Å². The molecule has 3 nitrogen and oxygen atoms in total. The van der Waals surface area contributed by atoms with E-state index in [-0.39, 0.29) is 12.0 Å². The molecule has 1 saturated carbocycles. The molecule has 0 unspecified atom stereocenters. The molecule has 0 heterocycles. The summed E-state index contributed by atoms with van der Waals surface area (Å²) in [4.78, 5) is 2.60. The first-order valence-corrected chi connectivity index (χ1v) is 13.7. The summed E-state index contributed by atoms with van der Waals surface area (Å²) in [5.41, 5.74) is 1.02. The van der Waals surface area contributed by atoms with E-state index < -0.39 is 5.60 Å². The minimum absolute atomic E-state index is 0.218. The monoisotopic (exact) mass is 447 g/mol. The first-order chi connectivity index (χ1) is 15.1. The maximum Gasteiger partial charge on any atom is 0.0654 e. The van der Waals surface area contributed by atoms with Crippen LogP contribution in [0.3, 0.4) is 0 Å². The summed E-state index contributed by atoms with van der Waals surface area (Å²) in [7, 11) is 0. The number of hydrogen-bond acceptors (Lipinski definition) is 3. The van der Waals surface area contributed by atoms with Crippen LogP contribution in [0.15, 0.2) is 23.8 Å². The SMILES string of the molecule is CCCC[C@](C)(O)C/C=C/[C@@H]1[C@H]2CC(CCCCCCN(C(C)C)C(C)C)=C[C@H]2C[C@H]1O. The Morgan fingerprint density at radius 3 is 2.44 bits per heavy atom. The van der Waals surface area contributed by atoms with Crippen molar-refractivity contribution in [1.29, 1.82) is 0 Å². The summed E-state index contributed by atoms with van der Waals surface area (Å²) >= 11 is 0. The van der Waals surface area contributed by atoms with Crippen molar-refractivity contribution in [2.75, 3.05) is 6.54 Å². The zero-order valence-electron chi connectivity index (χ0n) is 22.0. The van der Waals surface area contributed by atoms with Crippen molar-refractivity contribution in [3.05, 3.63) is 23.8 Å². The number of allylic oxidation sites excluding steroid dienone is 2. The molecule has 0 radical (unpaired) electrons. The van der Waals surface area contributed by atoms with Crippen LogP contribution in [0.1, 0.15) is 112 Å². The molecule has 3 heteroatoms. The van der Waals surface area contributed by atoms with Crippen molar-refractivity contribution in [3.63, 3.8) is 0 Å². The van der Waals surface area contributed by atoms with Crippen LogP contribution in [0.25, 0.3) is 0 Å². The fourth-order valence-electron chi connectivity index (χ4n) is 6.04. The van der Waals surface area contributed by atoms with E-state index in [1.165, 1.54) is 38.6 Å². The number of unbranched alkanes of at least 4 members (excludes halogenated alkanes) is 4. The fraction of sp³-hybridized carbons (Fsp3) is 0.862. The Hall–Kier alpha value is -0.640. The molecule has 0 bridgehead atoms. The molecular formula is C29H53NO2. The predicted molar refractivity (Wildman–Crippen MR) is 138 cm³/mol. The number of aliphatic hydroxyl groups excluding tert-OH is 1. The maximum atomic E-state index is 10.6. The van der Waals surface area contributed by atoms with Gasteiger partial charge in [-0.25, -0.2) is 0 Å². The van der Waals surface area contributed by atoms with Gasteiger partial charge in [-0.1, -0.05) is 56.4 Å². The van der Waals surface area contributed by atoms with Crippen molar-refractivity contribution in [2.45, 2.75) is 136 Å². The van der Waals surface area contributed by atoms with E-state index in [2.05, 4.69) is 57.7 Å². The van der Waals surface area contributed by atoms with Crippen LogP contribution < -0.4 is 0 Å². The van der Waals surface area contributed by atoms with Crippen molar-refractivity contribution in [1.82, 2.24) is 4.90 Å². The van der Waals surface area contributed by atoms with E-state index >= 15 is 0 Å². The first-order valence-electron chi connectivity index (χ1n) is 13.7. The second-order valence-electron chi connectivity index (χ2n) is 11.6. The van der Waals surface area contributed by atoms with E-state index in [4.69, 9.17) is 0 Å². The summed E-state index contributed by atoms with van der Waals surface area (Å²) in [6, 6.07) is 1.27. The van der Waals surface area contributed by atoms with E-state index in [1.54, 1.807) is 5.57 Å². The van der Waals surface area contributed by atoms with Crippen LogP contribution in [0, 0.1) is 17.8 Å². The molecule has 2 N–H and O–H groups in total. The minimum atomic E-state index is -0.615. The molecule has 2 aliphatic rings. The molecule has 186 valence electrons. The average Bonchev–Trinajstić information content (AvgIpc) is 3.22. The molecule has 2 rings (SSSR count). The quantitative estimate of drug-likeness (QED) is 0.212. The lowest BCUT2D eigenvalue weighted by Gasteiger charge is -2.30. The Morgan fingerprint density at radius 1 is 1.09 bits per heavy atom. The molecule has 2 aliphatic carbocycles. The highest BCUT2D eigenvalue weighted by Crippen LogP contribution is 2.48. The van der Waals surface area contributed by atoms with Crippen molar-refractivity contribution in [3.8, 4) is 0 Å². The normalized spacial score (nSPS) is 27.7. The number of hydrogen-bond donors (Lipinski definition) is 2. The Kier molecular flexibility index (Phi) is 11.5. The van der Waals surface area contributed by atoms with Crippen LogP contribution in [0.5, 0.6) is 0 Å². The van der Waals surface area contributed by atoms with Crippen molar-refractivity contribution >= 4 is 0 Å². The molecule has 0 aliphatic heterocycles. The highest BCUT2D eigenvalue weighted by molar-refractivity contribution is 5.20. The first kappa shape index (κ1) is 27.6. The van der Waals surface area contributed by atoms with Crippen LogP contribution in [0.4, 0.5) is 0 Å². The summed E-state index contributed by atoms with van der Waals surface area (Å²) in [5.74, 6) is 1.39. The van der Waals surface area contributed by atoms with Gasteiger partial charge in [0.15, 0.2) is 0 Å². The fourth-order valence-corrected chi connectivity index (χ4v) is 6.04. The average molecular weight is 448 g/mol. The Balaban J connectivity index is 1.70. The second-order valence-corrected chi connectivity index (χ2v) is 11.6. The van der Waals surface area contributed by atoms with Crippen molar-refractivity contribution in [2.24, 2.45) is 17.8 Å².